The molecule has 9 nitrogen and oxygen atoms in total. The molecule has 9 heteroatoms. The molecule has 0 unspecified atom stereocenters. The average Bonchev–Trinajstić information content (AvgIpc) is 3.04. The SMILES string of the molecule is COc1cc(Nc2ncc(C)c(Nc3ccc4oc(=O)[nH]c4c3)n2)ccn1. The number of oxazole rings is 1. The molecule has 27 heavy (non-hydrogen) atoms. The minimum absolute atomic E-state index is 0.425. The van der Waals surface area contributed by atoms with Crippen molar-refractivity contribution in [1.82, 2.24) is 19.9 Å². The largest absolute Gasteiger partial charge is 0.481 e. The number of nitrogens with zero attached hydrogens (tertiary/aromatic N) is 3. The molecule has 0 aliphatic carbocycles. The third-order valence-corrected chi connectivity index (χ3v) is 3.85. The molecule has 0 bridgehead atoms. The average molecular weight is 364 g/mol. The summed E-state index contributed by atoms with van der Waals surface area (Å²) >= 11 is 0. The number of aromatic nitrogens is 4. The van der Waals surface area contributed by atoms with Gasteiger partial charge in [0.1, 0.15) is 5.82 Å². The second kappa shape index (κ2) is 6.79. The summed E-state index contributed by atoms with van der Waals surface area (Å²) in [4.78, 5) is 26.8. The number of methoxy groups -OCH3 is 1. The third-order valence-electron chi connectivity index (χ3n) is 3.85. The van der Waals surface area contributed by atoms with Crippen molar-refractivity contribution in [1.29, 1.82) is 0 Å². The molecule has 0 saturated heterocycles. The Balaban J connectivity index is 1.60. The van der Waals surface area contributed by atoms with Gasteiger partial charge < -0.3 is 19.8 Å². The highest BCUT2D eigenvalue weighted by molar-refractivity contribution is 5.78. The molecule has 0 spiro atoms. The molecule has 0 amide bonds. The summed E-state index contributed by atoms with van der Waals surface area (Å²) in [5.41, 5.74) is 3.50. The van der Waals surface area contributed by atoms with Gasteiger partial charge in [-0.3, -0.25) is 4.98 Å². The van der Waals surface area contributed by atoms with Crippen molar-refractivity contribution in [2.45, 2.75) is 6.92 Å². The van der Waals surface area contributed by atoms with Gasteiger partial charge in [0.25, 0.3) is 0 Å². The van der Waals surface area contributed by atoms with E-state index < -0.39 is 5.76 Å². The van der Waals surface area contributed by atoms with E-state index in [1.165, 1.54) is 0 Å². The molecule has 0 aliphatic rings. The number of aryl methyl sites for hydroxylation is 1. The van der Waals surface area contributed by atoms with Crippen LogP contribution in [0, 0.1) is 6.92 Å². The number of ether oxygens (including phenoxy) is 1. The predicted molar refractivity (Wildman–Crippen MR) is 101 cm³/mol. The normalized spacial score (nSPS) is 10.7. The van der Waals surface area contributed by atoms with E-state index in [-0.39, 0.29) is 0 Å². The summed E-state index contributed by atoms with van der Waals surface area (Å²) in [5, 5.41) is 6.35. The Morgan fingerprint density at radius 3 is 2.81 bits per heavy atom. The second-order valence-electron chi connectivity index (χ2n) is 5.79. The van der Waals surface area contributed by atoms with E-state index >= 15 is 0 Å². The fourth-order valence-electron chi connectivity index (χ4n) is 2.52. The monoisotopic (exact) mass is 364 g/mol. The zero-order valence-corrected chi connectivity index (χ0v) is 14.6. The maximum Gasteiger partial charge on any atom is 0.417 e. The van der Waals surface area contributed by atoms with Crippen molar-refractivity contribution in [3.63, 3.8) is 0 Å². The topological polar surface area (TPSA) is 118 Å². The second-order valence-corrected chi connectivity index (χ2v) is 5.79. The van der Waals surface area contributed by atoms with Gasteiger partial charge in [-0.2, -0.15) is 4.98 Å². The Morgan fingerprint density at radius 1 is 1.11 bits per heavy atom. The lowest BCUT2D eigenvalue weighted by Gasteiger charge is -2.11. The molecule has 4 rings (SSSR count). The van der Waals surface area contributed by atoms with Crippen molar-refractivity contribution >= 4 is 34.2 Å². The standard InChI is InChI=1S/C18H16N6O3/c1-10-9-20-17(22-12-5-6-19-15(8-12)26-2)24-16(10)21-11-3-4-14-13(7-11)23-18(25)27-14/h3-9H,1-2H3,(H,23,25)(H2,19,20,21,22,24). The Hall–Kier alpha value is -3.88. The molecule has 0 atom stereocenters. The van der Waals surface area contributed by atoms with Crippen LogP contribution in [0.4, 0.5) is 23.1 Å². The molecule has 0 radical (unpaired) electrons. The van der Waals surface area contributed by atoms with E-state index in [0.717, 1.165) is 16.9 Å². The number of rotatable bonds is 5. The number of aromatic amines is 1. The lowest BCUT2D eigenvalue weighted by Crippen LogP contribution is -2.03. The van der Waals surface area contributed by atoms with E-state index in [4.69, 9.17) is 9.15 Å². The van der Waals surface area contributed by atoms with Gasteiger partial charge in [0.15, 0.2) is 5.58 Å². The van der Waals surface area contributed by atoms with Crippen LogP contribution < -0.4 is 21.1 Å². The van der Waals surface area contributed by atoms with Crippen LogP contribution in [0.5, 0.6) is 5.88 Å². The van der Waals surface area contributed by atoms with E-state index in [0.29, 0.717) is 28.7 Å². The lowest BCUT2D eigenvalue weighted by atomic mass is 10.2. The fourth-order valence-corrected chi connectivity index (χ4v) is 2.52. The third kappa shape index (κ3) is 3.56. The van der Waals surface area contributed by atoms with E-state index in [1.54, 1.807) is 43.8 Å². The minimum Gasteiger partial charge on any atom is -0.481 e. The first-order valence-electron chi connectivity index (χ1n) is 8.11. The Labute approximate surface area is 153 Å². The van der Waals surface area contributed by atoms with Crippen molar-refractivity contribution in [2.75, 3.05) is 17.7 Å². The van der Waals surface area contributed by atoms with Gasteiger partial charge >= 0.3 is 5.76 Å². The molecular weight excluding hydrogens is 348 g/mol. The molecule has 0 aliphatic heterocycles. The molecule has 4 aromatic rings. The maximum atomic E-state index is 11.3. The summed E-state index contributed by atoms with van der Waals surface area (Å²) in [6.45, 7) is 1.90. The van der Waals surface area contributed by atoms with E-state index in [9.17, 15) is 4.79 Å². The number of anilines is 4. The molecule has 1 aromatic carbocycles. The molecule has 136 valence electrons. The number of hydrogen-bond acceptors (Lipinski definition) is 8. The highest BCUT2D eigenvalue weighted by Crippen LogP contribution is 2.23. The van der Waals surface area contributed by atoms with Crippen molar-refractivity contribution in [3.8, 4) is 5.88 Å². The number of hydrogen-bond donors (Lipinski definition) is 3. The molecular formula is C18H16N6O3. The summed E-state index contributed by atoms with van der Waals surface area (Å²) < 4.78 is 10.1. The van der Waals surface area contributed by atoms with Gasteiger partial charge in [0.2, 0.25) is 11.8 Å². The van der Waals surface area contributed by atoms with Gasteiger partial charge in [-0.25, -0.2) is 14.8 Å². The Bertz CT molecular complexity index is 1170. The van der Waals surface area contributed by atoms with Gasteiger partial charge in [-0.15, -0.1) is 0 Å². The van der Waals surface area contributed by atoms with Crippen LogP contribution in [0.15, 0.2) is 51.9 Å². The smallest absolute Gasteiger partial charge is 0.417 e. The van der Waals surface area contributed by atoms with Crippen LogP contribution in [0.2, 0.25) is 0 Å². The quantitative estimate of drug-likeness (QED) is 0.494. The zero-order chi connectivity index (χ0) is 18.8. The molecule has 3 aromatic heterocycles. The van der Waals surface area contributed by atoms with Gasteiger partial charge in [0, 0.05) is 35.4 Å². The molecule has 3 heterocycles. The molecule has 0 saturated carbocycles. The first-order chi connectivity index (χ1) is 13.1. The zero-order valence-electron chi connectivity index (χ0n) is 14.6. The van der Waals surface area contributed by atoms with Crippen LogP contribution in [0.1, 0.15) is 5.56 Å². The van der Waals surface area contributed by atoms with Crippen molar-refractivity contribution in [3.05, 3.63) is 58.8 Å². The first-order valence-corrected chi connectivity index (χ1v) is 8.11. The van der Waals surface area contributed by atoms with Crippen LogP contribution in [-0.4, -0.2) is 27.0 Å². The van der Waals surface area contributed by atoms with Crippen LogP contribution in [-0.2, 0) is 0 Å². The number of nitrogens with one attached hydrogen (secondary N) is 3. The highest BCUT2D eigenvalue weighted by Gasteiger charge is 2.08. The maximum absolute atomic E-state index is 11.3. The van der Waals surface area contributed by atoms with E-state index in [1.807, 2.05) is 13.0 Å². The van der Waals surface area contributed by atoms with Crippen LogP contribution >= 0.6 is 0 Å². The highest BCUT2D eigenvalue weighted by atomic mass is 16.5. The number of fused-ring (bicyclic) bond motifs is 1. The number of H-pyrrole nitrogens is 1. The molecule has 0 fully saturated rings. The lowest BCUT2D eigenvalue weighted by molar-refractivity contribution is 0.398. The Kier molecular flexibility index (Phi) is 4.17. The van der Waals surface area contributed by atoms with Crippen LogP contribution in [0.25, 0.3) is 11.1 Å². The fraction of sp³-hybridized carbons (Fsp3) is 0.111. The number of pyridine rings is 1. The van der Waals surface area contributed by atoms with Crippen molar-refractivity contribution in [2.24, 2.45) is 0 Å². The van der Waals surface area contributed by atoms with Gasteiger partial charge in [-0.1, -0.05) is 0 Å². The first kappa shape index (κ1) is 16.6. The van der Waals surface area contributed by atoms with Crippen LogP contribution in [0.3, 0.4) is 0 Å². The summed E-state index contributed by atoms with van der Waals surface area (Å²) in [5.74, 6) is 1.07. The van der Waals surface area contributed by atoms with Gasteiger partial charge in [-0.05, 0) is 31.2 Å². The molecule has 3 N–H and O–H groups in total. The Morgan fingerprint density at radius 2 is 1.96 bits per heavy atom. The summed E-state index contributed by atoms with van der Waals surface area (Å²) in [7, 11) is 1.56. The minimum atomic E-state index is -0.486. The number of benzene rings is 1. The van der Waals surface area contributed by atoms with E-state index in [2.05, 4.69) is 30.6 Å². The summed E-state index contributed by atoms with van der Waals surface area (Å²) in [6.07, 6.45) is 3.35. The van der Waals surface area contributed by atoms with Gasteiger partial charge in [0.05, 0.1) is 12.6 Å². The van der Waals surface area contributed by atoms with Crippen molar-refractivity contribution < 1.29 is 9.15 Å². The summed E-state index contributed by atoms with van der Waals surface area (Å²) in [6, 6.07) is 8.85. The predicted octanol–water partition coefficient (Wildman–Crippen LogP) is 3.11.